The third-order valence-electron chi connectivity index (χ3n) is 3.08. The van der Waals surface area contributed by atoms with Crippen molar-refractivity contribution >= 4 is 23.6 Å². The molecule has 0 saturated heterocycles. The van der Waals surface area contributed by atoms with Crippen molar-refractivity contribution in [1.29, 1.82) is 0 Å². The van der Waals surface area contributed by atoms with E-state index in [0.717, 1.165) is 12.8 Å². The zero-order valence-electron chi connectivity index (χ0n) is 13.6. The van der Waals surface area contributed by atoms with Crippen molar-refractivity contribution in [2.24, 2.45) is 5.73 Å². The van der Waals surface area contributed by atoms with Gasteiger partial charge in [-0.15, -0.1) is 0 Å². The molecule has 3 unspecified atom stereocenters. The maximum absolute atomic E-state index is 12.1. The van der Waals surface area contributed by atoms with Gasteiger partial charge in [-0.2, -0.15) is 0 Å². The van der Waals surface area contributed by atoms with E-state index in [1.807, 2.05) is 6.92 Å². The van der Waals surface area contributed by atoms with Crippen LogP contribution in [0.2, 0.25) is 0 Å². The van der Waals surface area contributed by atoms with E-state index in [-0.39, 0.29) is 5.91 Å². The van der Waals surface area contributed by atoms with Crippen LogP contribution in [0.15, 0.2) is 0 Å². The van der Waals surface area contributed by atoms with E-state index in [1.165, 1.54) is 20.8 Å². The number of unbranched alkanes of at least 4 members (excludes halogenated alkanes) is 1. The fourth-order valence-electron chi connectivity index (χ4n) is 1.73. The molecular weight excluding hydrogens is 288 g/mol. The molecule has 0 saturated carbocycles. The molecule has 0 aromatic carbocycles. The van der Waals surface area contributed by atoms with E-state index in [4.69, 9.17) is 5.73 Å². The number of hydrogen-bond donors (Lipinski definition) is 4. The van der Waals surface area contributed by atoms with Gasteiger partial charge in [-0.3, -0.25) is 19.2 Å². The molecule has 8 nitrogen and oxygen atoms in total. The molecule has 0 fully saturated rings. The van der Waals surface area contributed by atoms with Gasteiger partial charge in [0.25, 0.3) is 0 Å². The minimum absolute atomic E-state index is 0.334. The Bertz CT molecular complexity index is 425. The summed E-state index contributed by atoms with van der Waals surface area (Å²) in [5.41, 5.74) is 5.10. The molecule has 22 heavy (non-hydrogen) atoms. The summed E-state index contributed by atoms with van der Waals surface area (Å²) in [5, 5.41) is 7.49. The molecule has 3 atom stereocenters. The highest BCUT2D eigenvalue weighted by atomic mass is 16.2. The molecule has 0 aromatic heterocycles. The highest BCUT2D eigenvalue weighted by molar-refractivity contribution is 5.93. The van der Waals surface area contributed by atoms with Crippen LogP contribution in [-0.2, 0) is 19.2 Å². The second-order valence-electron chi connectivity index (χ2n) is 5.26. The van der Waals surface area contributed by atoms with Crippen LogP contribution in [0.4, 0.5) is 0 Å². The molecule has 126 valence electrons. The van der Waals surface area contributed by atoms with Crippen molar-refractivity contribution in [3.05, 3.63) is 0 Å². The lowest BCUT2D eigenvalue weighted by atomic mass is 10.1. The van der Waals surface area contributed by atoms with Gasteiger partial charge in [-0.05, 0) is 20.3 Å². The van der Waals surface area contributed by atoms with Crippen LogP contribution < -0.4 is 21.7 Å². The van der Waals surface area contributed by atoms with Crippen LogP contribution in [0.1, 0.15) is 47.0 Å². The largest absolute Gasteiger partial charge is 0.368 e. The van der Waals surface area contributed by atoms with Gasteiger partial charge in [-0.25, -0.2) is 0 Å². The number of primary amides is 1. The summed E-state index contributed by atoms with van der Waals surface area (Å²) in [7, 11) is 0. The summed E-state index contributed by atoms with van der Waals surface area (Å²) in [6.07, 6.45) is 2.02. The average molecular weight is 314 g/mol. The summed E-state index contributed by atoms with van der Waals surface area (Å²) in [6.45, 7) is 6.26. The Hall–Kier alpha value is -2.12. The molecule has 0 aliphatic rings. The first-order valence-electron chi connectivity index (χ1n) is 7.36. The summed E-state index contributed by atoms with van der Waals surface area (Å²) in [5.74, 6) is -1.92. The Morgan fingerprint density at radius 2 is 1.55 bits per heavy atom. The monoisotopic (exact) mass is 314 g/mol. The Morgan fingerprint density at radius 3 is 2.00 bits per heavy atom. The zero-order chi connectivity index (χ0) is 17.3. The molecule has 8 heteroatoms. The second kappa shape index (κ2) is 9.75. The Morgan fingerprint density at radius 1 is 0.955 bits per heavy atom. The van der Waals surface area contributed by atoms with Crippen LogP contribution in [-0.4, -0.2) is 41.8 Å². The van der Waals surface area contributed by atoms with Crippen molar-refractivity contribution in [1.82, 2.24) is 16.0 Å². The fraction of sp³-hybridized carbons (Fsp3) is 0.714. The van der Waals surface area contributed by atoms with Crippen molar-refractivity contribution in [3.8, 4) is 0 Å². The first kappa shape index (κ1) is 19.9. The highest BCUT2D eigenvalue weighted by Crippen LogP contribution is 2.02. The maximum atomic E-state index is 12.1. The summed E-state index contributed by atoms with van der Waals surface area (Å²) in [6, 6.07) is -2.34. The van der Waals surface area contributed by atoms with E-state index in [9.17, 15) is 19.2 Å². The van der Waals surface area contributed by atoms with Gasteiger partial charge in [0.05, 0.1) is 0 Å². The number of amides is 4. The normalized spacial score (nSPS) is 14.4. The first-order valence-corrected chi connectivity index (χ1v) is 7.36. The molecule has 0 bridgehead atoms. The predicted molar refractivity (Wildman–Crippen MR) is 81.5 cm³/mol. The minimum atomic E-state index is -0.818. The van der Waals surface area contributed by atoms with Gasteiger partial charge in [0, 0.05) is 6.92 Å². The maximum Gasteiger partial charge on any atom is 0.243 e. The van der Waals surface area contributed by atoms with Crippen molar-refractivity contribution < 1.29 is 19.2 Å². The molecule has 4 amide bonds. The minimum Gasteiger partial charge on any atom is -0.368 e. The first-order chi connectivity index (χ1) is 10.2. The zero-order valence-corrected chi connectivity index (χ0v) is 13.6. The second-order valence-corrected chi connectivity index (χ2v) is 5.26. The summed E-state index contributed by atoms with van der Waals surface area (Å²) in [4.78, 5) is 46.0. The highest BCUT2D eigenvalue weighted by Gasteiger charge is 2.25. The number of carbonyl (C=O) groups excluding carboxylic acids is 4. The van der Waals surface area contributed by atoms with Crippen molar-refractivity contribution in [2.75, 3.05) is 0 Å². The van der Waals surface area contributed by atoms with Gasteiger partial charge in [-0.1, -0.05) is 19.8 Å². The molecule has 0 rings (SSSR count). The third kappa shape index (κ3) is 7.61. The molecule has 0 radical (unpaired) electrons. The standard InChI is InChI=1S/C14H26N4O4/c1-5-6-7-11(14(22)17-8(2)12(15)20)18-13(21)9(3)16-10(4)19/h8-9,11H,5-7H2,1-4H3,(H2,15,20)(H,16,19)(H,17,22)(H,18,21). The van der Waals surface area contributed by atoms with E-state index in [0.29, 0.717) is 6.42 Å². The van der Waals surface area contributed by atoms with E-state index < -0.39 is 35.8 Å². The molecule has 0 heterocycles. The van der Waals surface area contributed by atoms with Gasteiger partial charge >= 0.3 is 0 Å². The molecular formula is C14H26N4O4. The Balaban J connectivity index is 4.75. The number of carbonyl (C=O) groups is 4. The smallest absolute Gasteiger partial charge is 0.243 e. The van der Waals surface area contributed by atoms with E-state index >= 15 is 0 Å². The Kier molecular flexibility index (Phi) is 8.81. The number of nitrogens with two attached hydrogens (primary N) is 1. The summed E-state index contributed by atoms with van der Waals surface area (Å²) >= 11 is 0. The van der Waals surface area contributed by atoms with Crippen LogP contribution in [0.5, 0.6) is 0 Å². The lowest BCUT2D eigenvalue weighted by Crippen LogP contribution is -2.55. The average Bonchev–Trinajstić information content (AvgIpc) is 2.41. The molecule has 0 spiro atoms. The SMILES string of the molecule is CCCCC(NC(=O)C(C)NC(C)=O)C(=O)NC(C)C(N)=O. The van der Waals surface area contributed by atoms with Gasteiger partial charge in [0.15, 0.2) is 0 Å². The van der Waals surface area contributed by atoms with E-state index in [2.05, 4.69) is 16.0 Å². The van der Waals surface area contributed by atoms with Crippen LogP contribution >= 0.6 is 0 Å². The third-order valence-corrected chi connectivity index (χ3v) is 3.08. The van der Waals surface area contributed by atoms with Gasteiger partial charge < -0.3 is 21.7 Å². The topological polar surface area (TPSA) is 130 Å². The molecule has 0 aromatic rings. The van der Waals surface area contributed by atoms with Crippen LogP contribution in [0.25, 0.3) is 0 Å². The lowest BCUT2D eigenvalue weighted by molar-refractivity contribution is -0.132. The molecule has 0 aliphatic heterocycles. The van der Waals surface area contributed by atoms with Gasteiger partial charge in [0.1, 0.15) is 18.1 Å². The number of hydrogen-bond acceptors (Lipinski definition) is 4. The lowest BCUT2D eigenvalue weighted by Gasteiger charge is -2.22. The number of nitrogens with one attached hydrogen (secondary N) is 3. The Labute approximate surface area is 130 Å². The number of rotatable bonds is 9. The quantitative estimate of drug-likeness (QED) is 0.442. The van der Waals surface area contributed by atoms with Crippen LogP contribution in [0.3, 0.4) is 0 Å². The molecule has 0 aliphatic carbocycles. The summed E-state index contributed by atoms with van der Waals surface area (Å²) < 4.78 is 0. The van der Waals surface area contributed by atoms with Crippen molar-refractivity contribution in [3.63, 3.8) is 0 Å². The predicted octanol–water partition coefficient (Wildman–Crippen LogP) is -0.824. The van der Waals surface area contributed by atoms with Crippen LogP contribution in [0, 0.1) is 0 Å². The van der Waals surface area contributed by atoms with Gasteiger partial charge in [0.2, 0.25) is 23.6 Å². The fourth-order valence-corrected chi connectivity index (χ4v) is 1.73. The molecule has 5 N–H and O–H groups in total. The van der Waals surface area contributed by atoms with Crippen molar-refractivity contribution in [2.45, 2.75) is 65.1 Å². The van der Waals surface area contributed by atoms with E-state index in [1.54, 1.807) is 0 Å².